The molecule has 1 fully saturated rings. The zero-order valence-corrected chi connectivity index (χ0v) is 19.4. The van der Waals surface area contributed by atoms with Gasteiger partial charge < -0.3 is 19.9 Å². The third kappa shape index (κ3) is 6.76. The monoisotopic (exact) mass is 452 g/mol. The number of aromatic nitrogens is 2. The van der Waals surface area contributed by atoms with Crippen LogP contribution in [0.25, 0.3) is 0 Å². The van der Waals surface area contributed by atoms with Crippen LogP contribution in [0.5, 0.6) is 0 Å². The molecule has 33 heavy (non-hydrogen) atoms. The molecule has 2 heterocycles. The van der Waals surface area contributed by atoms with Crippen LogP contribution in [0.15, 0.2) is 43.1 Å². The van der Waals surface area contributed by atoms with Gasteiger partial charge in [-0.3, -0.25) is 14.5 Å². The highest BCUT2D eigenvalue weighted by Crippen LogP contribution is 2.19. The summed E-state index contributed by atoms with van der Waals surface area (Å²) in [6, 6.07) is 8.47. The van der Waals surface area contributed by atoms with Crippen LogP contribution < -0.4 is 10.2 Å². The molecule has 0 unspecified atom stereocenters. The molecule has 1 saturated heterocycles. The molecule has 9 heteroatoms. The van der Waals surface area contributed by atoms with Crippen LogP contribution in [-0.4, -0.2) is 71.9 Å². The average molecular weight is 453 g/mol. The van der Waals surface area contributed by atoms with Crippen molar-refractivity contribution >= 4 is 24.1 Å². The van der Waals surface area contributed by atoms with Crippen molar-refractivity contribution in [3.8, 4) is 0 Å². The highest BCUT2D eigenvalue weighted by Gasteiger charge is 2.19. The Kier molecular flexibility index (Phi) is 8.77. The molecule has 0 atom stereocenters. The van der Waals surface area contributed by atoms with Crippen molar-refractivity contribution < 1.29 is 14.3 Å². The Labute approximate surface area is 195 Å². The van der Waals surface area contributed by atoms with Crippen molar-refractivity contribution in [3.63, 3.8) is 0 Å². The van der Waals surface area contributed by atoms with Gasteiger partial charge in [-0.05, 0) is 24.1 Å². The topological polar surface area (TPSA) is 90.9 Å². The van der Waals surface area contributed by atoms with Crippen LogP contribution in [0.4, 0.5) is 11.8 Å². The molecule has 1 aliphatic rings. The SMILES string of the molecule is C=CC(=O)N1CCN(Cc2ccc(CNc3ncc(COC=O)c(N(C)CC)n3)cc2)CC1. The van der Waals surface area contributed by atoms with Gasteiger partial charge in [0.25, 0.3) is 6.47 Å². The van der Waals surface area contributed by atoms with Gasteiger partial charge in [-0.15, -0.1) is 0 Å². The molecule has 1 aromatic carbocycles. The molecule has 9 nitrogen and oxygen atoms in total. The Balaban J connectivity index is 1.53. The van der Waals surface area contributed by atoms with E-state index in [9.17, 15) is 9.59 Å². The lowest BCUT2D eigenvalue weighted by Crippen LogP contribution is -2.47. The lowest BCUT2D eigenvalue weighted by molar-refractivity contribution is -0.130. The summed E-state index contributed by atoms with van der Waals surface area (Å²) in [5, 5.41) is 3.27. The van der Waals surface area contributed by atoms with Crippen molar-refractivity contribution in [3.05, 3.63) is 59.8 Å². The summed E-state index contributed by atoms with van der Waals surface area (Å²) < 4.78 is 4.88. The minimum atomic E-state index is 0.00730. The Morgan fingerprint density at radius 2 is 1.91 bits per heavy atom. The maximum absolute atomic E-state index is 11.7. The van der Waals surface area contributed by atoms with E-state index in [-0.39, 0.29) is 12.5 Å². The van der Waals surface area contributed by atoms with Crippen LogP contribution in [0, 0.1) is 0 Å². The number of benzene rings is 1. The Morgan fingerprint density at radius 3 is 2.55 bits per heavy atom. The molecule has 1 aromatic heterocycles. The molecular weight excluding hydrogens is 420 g/mol. The van der Waals surface area contributed by atoms with Crippen molar-refractivity contribution in [1.29, 1.82) is 0 Å². The van der Waals surface area contributed by atoms with Gasteiger partial charge in [0.05, 0.1) is 5.56 Å². The quantitative estimate of drug-likeness (QED) is 0.409. The fraction of sp³-hybridized carbons (Fsp3) is 0.417. The third-order valence-electron chi connectivity index (χ3n) is 5.72. The van der Waals surface area contributed by atoms with E-state index in [1.54, 1.807) is 6.20 Å². The number of carbonyl (C=O) groups is 2. The van der Waals surface area contributed by atoms with Crippen LogP contribution in [0.2, 0.25) is 0 Å². The average Bonchev–Trinajstić information content (AvgIpc) is 2.86. The number of hydrogen-bond donors (Lipinski definition) is 1. The van der Waals surface area contributed by atoms with Gasteiger partial charge >= 0.3 is 0 Å². The lowest BCUT2D eigenvalue weighted by Gasteiger charge is -2.34. The maximum atomic E-state index is 11.7. The predicted octanol–water partition coefficient (Wildman–Crippen LogP) is 2.05. The van der Waals surface area contributed by atoms with E-state index in [0.717, 1.165) is 56.2 Å². The molecule has 2 aromatic rings. The second kappa shape index (κ2) is 12.0. The molecule has 0 radical (unpaired) electrons. The number of nitrogens with zero attached hydrogens (tertiary/aromatic N) is 5. The fourth-order valence-electron chi connectivity index (χ4n) is 3.65. The number of ether oxygens (including phenoxy) is 1. The molecule has 0 aliphatic carbocycles. The first-order chi connectivity index (χ1) is 16.0. The molecular formula is C24H32N6O3. The first kappa shape index (κ1) is 24.2. The predicted molar refractivity (Wildman–Crippen MR) is 128 cm³/mol. The number of piperazine rings is 1. The second-order valence-electron chi connectivity index (χ2n) is 7.94. The zero-order chi connectivity index (χ0) is 23.6. The number of carbonyl (C=O) groups excluding carboxylic acids is 2. The Bertz CT molecular complexity index is 942. The van der Waals surface area contributed by atoms with Gasteiger partial charge in [0.2, 0.25) is 11.9 Å². The van der Waals surface area contributed by atoms with Gasteiger partial charge in [-0.1, -0.05) is 30.8 Å². The zero-order valence-electron chi connectivity index (χ0n) is 19.4. The normalized spacial score (nSPS) is 13.9. The Morgan fingerprint density at radius 1 is 1.21 bits per heavy atom. The summed E-state index contributed by atoms with van der Waals surface area (Å²) in [6.07, 6.45) is 3.07. The van der Waals surface area contributed by atoms with Gasteiger partial charge in [-0.2, -0.15) is 4.98 Å². The molecule has 1 aliphatic heterocycles. The van der Waals surface area contributed by atoms with Crippen LogP contribution in [0.3, 0.4) is 0 Å². The standard InChI is InChI=1S/C24H32N6O3/c1-4-22(32)30-12-10-29(11-13-30)16-20-8-6-19(7-9-20)14-25-24-26-15-21(17-33-18-31)23(27-24)28(3)5-2/h4,6-9,15,18H,1,5,10-14,16-17H2,2-3H3,(H,25,26,27). The largest absolute Gasteiger partial charge is 0.463 e. The number of nitrogens with one attached hydrogen (secondary N) is 1. The van der Waals surface area contributed by atoms with Crippen LogP contribution in [-0.2, 0) is 34.0 Å². The van der Waals surface area contributed by atoms with Gasteiger partial charge in [-0.25, -0.2) is 4.98 Å². The van der Waals surface area contributed by atoms with Crippen molar-refractivity contribution in [2.45, 2.75) is 26.6 Å². The minimum absolute atomic E-state index is 0.00730. The molecule has 0 saturated carbocycles. The smallest absolute Gasteiger partial charge is 0.293 e. The first-order valence-corrected chi connectivity index (χ1v) is 11.1. The van der Waals surface area contributed by atoms with E-state index in [1.165, 1.54) is 11.6 Å². The maximum Gasteiger partial charge on any atom is 0.293 e. The number of amides is 1. The van der Waals surface area contributed by atoms with E-state index in [0.29, 0.717) is 19.0 Å². The number of hydrogen-bond acceptors (Lipinski definition) is 8. The summed E-state index contributed by atoms with van der Waals surface area (Å²) in [5.74, 6) is 1.27. The third-order valence-corrected chi connectivity index (χ3v) is 5.72. The molecule has 0 bridgehead atoms. The second-order valence-corrected chi connectivity index (χ2v) is 7.94. The Hall–Kier alpha value is -3.46. The highest BCUT2D eigenvalue weighted by molar-refractivity contribution is 5.87. The lowest BCUT2D eigenvalue weighted by atomic mass is 10.1. The van der Waals surface area contributed by atoms with Gasteiger partial charge in [0.15, 0.2) is 0 Å². The van der Waals surface area contributed by atoms with Crippen molar-refractivity contribution in [2.24, 2.45) is 0 Å². The van der Waals surface area contributed by atoms with Crippen molar-refractivity contribution in [1.82, 2.24) is 19.8 Å². The summed E-state index contributed by atoms with van der Waals surface area (Å²) in [7, 11) is 1.94. The van der Waals surface area contributed by atoms with E-state index >= 15 is 0 Å². The first-order valence-electron chi connectivity index (χ1n) is 11.1. The summed E-state index contributed by atoms with van der Waals surface area (Å²) in [4.78, 5) is 37.4. The van der Waals surface area contributed by atoms with E-state index in [1.807, 2.05) is 23.8 Å². The van der Waals surface area contributed by atoms with Crippen LogP contribution >= 0.6 is 0 Å². The summed E-state index contributed by atoms with van der Waals surface area (Å²) in [6.45, 7) is 11.6. The minimum Gasteiger partial charge on any atom is -0.463 e. The number of rotatable bonds is 11. The fourth-order valence-corrected chi connectivity index (χ4v) is 3.65. The molecule has 176 valence electrons. The van der Waals surface area contributed by atoms with Gasteiger partial charge in [0.1, 0.15) is 12.4 Å². The molecule has 1 amide bonds. The summed E-state index contributed by atoms with van der Waals surface area (Å²) in [5.41, 5.74) is 3.13. The van der Waals surface area contributed by atoms with Crippen LogP contribution in [0.1, 0.15) is 23.6 Å². The van der Waals surface area contributed by atoms with E-state index in [4.69, 9.17) is 4.74 Å². The van der Waals surface area contributed by atoms with E-state index < -0.39 is 0 Å². The number of anilines is 2. The van der Waals surface area contributed by atoms with Gasteiger partial charge in [0, 0.05) is 59.1 Å². The summed E-state index contributed by atoms with van der Waals surface area (Å²) >= 11 is 0. The molecule has 1 N–H and O–H groups in total. The van der Waals surface area contributed by atoms with Crippen molar-refractivity contribution in [2.75, 3.05) is 50.0 Å². The highest BCUT2D eigenvalue weighted by atomic mass is 16.5. The van der Waals surface area contributed by atoms with E-state index in [2.05, 4.69) is 51.0 Å². The molecule has 3 rings (SSSR count). The molecule has 0 spiro atoms.